The first-order valence-corrected chi connectivity index (χ1v) is 11.4. The van der Waals surface area contributed by atoms with Crippen LogP contribution in [-0.4, -0.2) is 9.55 Å². The number of nitrogens with zero attached hydrogens (tertiary/aromatic N) is 2. The molecule has 0 atom stereocenters. The molecule has 0 unspecified atom stereocenters. The van der Waals surface area contributed by atoms with Crippen molar-refractivity contribution in [3.8, 4) is 28.1 Å². The lowest BCUT2D eigenvalue weighted by Crippen LogP contribution is -1.93. The van der Waals surface area contributed by atoms with Gasteiger partial charge in [0.25, 0.3) is 0 Å². The molecule has 6 rings (SSSR count). The monoisotopic (exact) mass is 474 g/mol. The predicted molar refractivity (Wildman–Crippen MR) is 137 cm³/mol. The van der Waals surface area contributed by atoms with Gasteiger partial charge in [0, 0.05) is 32.7 Å². The highest BCUT2D eigenvalue weighted by Crippen LogP contribution is 2.37. The molecule has 0 saturated heterocycles. The Hall–Kier alpha value is -3.69. The summed E-state index contributed by atoms with van der Waals surface area (Å²) in [5.41, 5.74) is 8.00. The quantitative estimate of drug-likeness (QED) is 0.252. The summed E-state index contributed by atoms with van der Waals surface area (Å²) in [5.74, 6) is 0. The number of para-hydroxylation sites is 2. The van der Waals surface area contributed by atoms with Crippen molar-refractivity contribution in [3.05, 3.63) is 120 Å². The van der Waals surface area contributed by atoms with E-state index < -0.39 is 0 Å². The average Bonchev–Trinajstić information content (AvgIpc) is 3.19. The summed E-state index contributed by atoms with van der Waals surface area (Å²) in [7, 11) is 0. The maximum Gasteiger partial charge on any atom is 0.0702 e. The summed E-state index contributed by atoms with van der Waals surface area (Å²) >= 11 is 3.81. The molecule has 0 N–H and O–H groups in total. The van der Waals surface area contributed by atoms with E-state index in [-0.39, 0.29) is 0 Å². The molecule has 2 heterocycles. The van der Waals surface area contributed by atoms with Crippen LogP contribution in [0.4, 0.5) is 0 Å². The second-order valence-corrected chi connectivity index (χ2v) is 8.68. The van der Waals surface area contributed by atoms with E-state index in [1.54, 1.807) is 0 Å². The molecule has 32 heavy (non-hydrogen) atoms. The number of hydrogen-bond acceptors (Lipinski definition) is 1. The van der Waals surface area contributed by atoms with Gasteiger partial charge in [0.05, 0.1) is 16.7 Å². The van der Waals surface area contributed by atoms with Crippen molar-refractivity contribution in [2.45, 2.75) is 0 Å². The summed E-state index contributed by atoms with van der Waals surface area (Å²) in [6.07, 6.45) is 1.83. The van der Waals surface area contributed by atoms with Gasteiger partial charge in [-0.05, 0) is 53.6 Å². The molecular formula is C29H19BrN2. The first-order valence-electron chi connectivity index (χ1n) is 10.6. The van der Waals surface area contributed by atoms with Crippen LogP contribution >= 0.6 is 15.9 Å². The van der Waals surface area contributed by atoms with E-state index >= 15 is 0 Å². The van der Waals surface area contributed by atoms with Crippen molar-refractivity contribution in [2.75, 3.05) is 0 Å². The lowest BCUT2D eigenvalue weighted by atomic mass is 10.0. The van der Waals surface area contributed by atoms with Crippen LogP contribution in [-0.2, 0) is 0 Å². The van der Waals surface area contributed by atoms with Crippen LogP contribution in [0.25, 0.3) is 49.9 Å². The number of benzene rings is 4. The molecule has 0 bridgehead atoms. The lowest BCUT2D eigenvalue weighted by Gasteiger charge is -2.10. The van der Waals surface area contributed by atoms with E-state index in [9.17, 15) is 0 Å². The van der Waals surface area contributed by atoms with Gasteiger partial charge in [-0.2, -0.15) is 0 Å². The minimum Gasteiger partial charge on any atom is -0.309 e. The normalized spacial score (nSPS) is 11.3. The van der Waals surface area contributed by atoms with Crippen LogP contribution in [0.5, 0.6) is 0 Å². The fourth-order valence-corrected chi connectivity index (χ4v) is 5.04. The Labute approximate surface area is 194 Å². The first kappa shape index (κ1) is 19.0. The molecule has 0 amide bonds. The maximum atomic E-state index is 4.48. The minimum atomic E-state index is 0.972. The molecule has 3 heteroatoms. The Morgan fingerprint density at radius 1 is 0.594 bits per heavy atom. The molecule has 0 aliphatic rings. The Bertz CT molecular complexity index is 1570. The second-order valence-electron chi connectivity index (χ2n) is 7.83. The summed E-state index contributed by atoms with van der Waals surface area (Å²) in [6, 6.07) is 38.4. The van der Waals surface area contributed by atoms with Crippen molar-refractivity contribution in [3.63, 3.8) is 0 Å². The SMILES string of the molecule is Brc1cc(-c2ccccn2)ccc1-c1ccc2c3ccccc3n(-c3ccccc3)c2c1. The Morgan fingerprint density at radius 2 is 1.34 bits per heavy atom. The van der Waals surface area contributed by atoms with Crippen molar-refractivity contribution < 1.29 is 0 Å². The zero-order valence-corrected chi connectivity index (χ0v) is 18.8. The van der Waals surface area contributed by atoms with Crippen molar-refractivity contribution in [1.29, 1.82) is 0 Å². The first-order chi connectivity index (χ1) is 15.8. The summed E-state index contributed by atoms with van der Waals surface area (Å²) in [6.45, 7) is 0. The van der Waals surface area contributed by atoms with Crippen LogP contribution < -0.4 is 0 Å². The predicted octanol–water partition coefficient (Wildman–Crippen LogP) is 8.28. The third kappa shape index (κ3) is 3.14. The highest BCUT2D eigenvalue weighted by atomic mass is 79.9. The molecule has 4 aromatic carbocycles. The van der Waals surface area contributed by atoms with Gasteiger partial charge in [-0.3, -0.25) is 4.98 Å². The summed E-state index contributed by atoms with van der Waals surface area (Å²) in [4.78, 5) is 4.48. The van der Waals surface area contributed by atoms with Crippen LogP contribution in [0.3, 0.4) is 0 Å². The van der Waals surface area contributed by atoms with E-state index in [0.717, 1.165) is 21.3 Å². The molecule has 6 aromatic rings. The number of rotatable bonds is 3. The number of fused-ring (bicyclic) bond motifs is 3. The zero-order valence-electron chi connectivity index (χ0n) is 17.2. The fraction of sp³-hybridized carbons (Fsp3) is 0. The molecule has 0 saturated carbocycles. The standard InChI is InChI=1S/C29H19BrN2/c30-26-18-21(27-11-6-7-17-31-27)14-15-23(26)20-13-16-25-24-10-4-5-12-28(24)32(29(25)19-20)22-8-2-1-3-9-22/h1-19H. The summed E-state index contributed by atoms with van der Waals surface area (Å²) < 4.78 is 3.41. The van der Waals surface area contributed by atoms with Crippen molar-refractivity contribution in [1.82, 2.24) is 9.55 Å². The van der Waals surface area contributed by atoms with Gasteiger partial charge >= 0.3 is 0 Å². The fourth-order valence-electron chi connectivity index (χ4n) is 4.44. The zero-order chi connectivity index (χ0) is 21.5. The number of aromatic nitrogens is 2. The Balaban J connectivity index is 1.55. The van der Waals surface area contributed by atoms with Crippen molar-refractivity contribution in [2.24, 2.45) is 0 Å². The van der Waals surface area contributed by atoms with E-state index in [0.29, 0.717) is 0 Å². The van der Waals surface area contributed by atoms with E-state index in [2.05, 4.69) is 116 Å². The lowest BCUT2D eigenvalue weighted by molar-refractivity contribution is 1.18. The van der Waals surface area contributed by atoms with Gasteiger partial charge in [0.2, 0.25) is 0 Å². The van der Waals surface area contributed by atoms with Crippen LogP contribution in [0.2, 0.25) is 0 Å². The molecule has 0 aliphatic carbocycles. The molecule has 2 aromatic heterocycles. The molecule has 0 spiro atoms. The Morgan fingerprint density at radius 3 is 2.16 bits per heavy atom. The molecule has 0 radical (unpaired) electrons. The topological polar surface area (TPSA) is 17.8 Å². The van der Waals surface area contributed by atoms with Gasteiger partial charge in [0.15, 0.2) is 0 Å². The summed E-state index contributed by atoms with van der Waals surface area (Å²) in [5, 5.41) is 2.52. The van der Waals surface area contributed by atoms with Crippen molar-refractivity contribution >= 4 is 37.7 Å². The van der Waals surface area contributed by atoms with E-state index in [1.807, 2.05) is 24.4 Å². The molecule has 152 valence electrons. The molecular weight excluding hydrogens is 456 g/mol. The molecule has 2 nitrogen and oxygen atoms in total. The number of pyridine rings is 1. The average molecular weight is 475 g/mol. The largest absolute Gasteiger partial charge is 0.309 e. The highest BCUT2D eigenvalue weighted by Gasteiger charge is 2.14. The van der Waals surface area contributed by atoms with E-state index in [1.165, 1.54) is 33.1 Å². The number of halogens is 1. The molecule has 0 aliphatic heterocycles. The van der Waals surface area contributed by atoms with Crippen LogP contribution in [0.15, 0.2) is 120 Å². The van der Waals surface area contributed by atoms with Crippen LogP contribution in [0.1, 0.15) is 0 Å². The van der Waals surface area contributed by atoms with Crippen LogP contribution in [0, 0.1) is 0 Å². The van der Waals surface area contributed by atoms with Gasteiger partial charge in [-0.1, -0.05) is 82.7 Å². The molecule has 0 fully saturated rings. The highest BCUT2D eigenvalue weighted by molar-refractivity contribution is 9.10. The van der Waals surface area contributed by atoms with Gasteiger partial charge in [-0.15, -0.1) is 0 Å². The van der Waals surface area contributed by atoms with Gasteiger partial charge in [0.1, 0.15) is 0 Å². The van der Waals surface area contributed by atoms with E-state index in [4.69, 9.17) is 0 Å². The minimum absolute atomic E-state index is 0.972. The third-order valence-corrected chi connectivity index (χ3v) is 6.58. The third-order valence-electron chi connectivity index (χ3n) is 5.93. The smallest absolute Gasteiger partial charge is 0.0702 e. The van der Waals surface area contributed by atoms with Gasteiger partial charge < -0.3 is 4.57 Å². The van der Waals surface area contributed by atoms with Gasteiger partial charge in [-0.25, -0.2) is 0 Å². The number of hydrogen-bond donors (Lipinski definition) is 0. The Kier molecular flexibility index (Phi) is 4.62. The maximum absolute atomic E-state index is 4.48. The second kappa shape index (κ2) is 7.77.